The maximum absolute atomic E-state index is 13.0. The van der Waals surface area contributed by atoms with Gasteiger partial charge in [-0.15, -0.1) is 0 Å². The molecule has 3 rings (SSSR count). The van der Waals surface area contributed by atoms with Gasteiger partial charge in [-0.2, -0.15) is 0 Å². The Kier molecular flexibility index (Phi) is 6.39. The summed E-state index contributed by atoms with van der Waals surface area (Å²) in [4.78, 5) is 27.5. The Morgan fingerprint density at radius 3 is 2.61 bits per heavy atom. The first-order valence-corrected chi connectivity index (χ1v) is 10.2. The van der Waals surface area contributed by atoms with Gasteiger partial charge in [0, 0.05) is 22.1 Å². The number of nitrogens with zero attached hydrogens (tertiary/aromatic N) is 1. The molecule has 1 fully saturated rings. The Hall–Kier alpha value is -2.34. The molecule has 0 bridgehead atoms. The van der Waals surface area contributed by atoms with Gasteiger partial charge in [0.15, 0.2) is 0 Å². The monoisotopic (exact) mass is 444 g/mol. The van der Waals surface area contributed by atoms with Crippen molar-refractivity contribution in [3.05, 3.63) is 63.6 Å². The van der Waals surface area contributed by atoms with Gasteiger partial charge in [0.1, 0.15) is 11.8 Å². The molecule has 2 atom stereocenters. The normalized spacial score (nSPS) is 17.3. The third-order valence-electron chi connectivity index (χ3n) is 5.12. The van der Waals surface area contributed by atoms with Crippen LogP contribution < -0.4 is 10.1 Å². The summed E-state index contributed by atoms with van der Waals surface area (Å²) in [5, 5.41) is 3.07. The summed E-state index contributed by atoms with van der Waals surface area (Å²) in [6.45, 7) is 4.53. The maximum atomic E-state index is 13.0. The van der Waals surface area contributed by atoms with Gasteiger partial charge in [-0.3, -0.25) is 9.59 Å². The number of carbonyl (C=O) groups is 2. The first-order valence-electron chi connectivity index (χ1n) is 9.42. The Labute approximate surface area is 174 Å². The minimum absolute atomic E-state index is 0.106. The molecule has 0 saturated carbocycles. The van der Waals surface area contributed by atoms with Crippen LogP contribution >= 0.6 is 15.9 Å². The minimum atomic E-state index is -0.450. The molecule has 148 valence electrons. The highest BCUT2D eigenvalue weighted by Crippen LogP contribution is 2.27. The van der Waals surface area contributed by atoms with Crippen LogP contribution in [0.2, 0.25) is 0 Å². The molecule has 0 aromatic heterocycles. The Morgan fingerprint density at radius 1 is 1.21 bits per heavy atom. The molecular formula is C22H25BrN2O3. The van der Waals surface area contributed by atoms with Crippen LogP contribution in [-0.4, -0.2) is 36.4 Å². The molecule has 5 nitrogen and oxygen atoms in total. The second-order valence-corrected chi connectivity index (χ2v) is 8.05. The summed E-state index contributed by atoms with van der Waals surface area (Å²) in [6.07, 6.45) is 1.49. The van der Waals surface area contributed by atoms with E-state index in [-0.39, 0.29) is 17.9 Å². The fraction of sp³-hybridized carbons (Fsp3) is 0.364. The number of aryl methyl sites for hydroxylation is 1. The predicted octanol–water partition coefficient (Wildman–Crippen LogP) is 4.25. The SMILES string of the molecule is COc1ccc(C)cc1C(C)NC(=O)C1CCCN1C(=O)c1ccc(Br)cc1. The topological polar surface area (TPSA) is 58.6 Å². The van der Waals surface area contributed by atoms with Crippen LogP contribution in [0.4, 0.5) is 0 Å². The summed E-state index contributed by atoms with van der Waals surface area (Å²) in [5.41, 5.74) is 2.63. The first kappa shape index (κ1) is 20.4. The van der Waals surface area contributed by atoms with Crippen LogP contribution in [0.15, 0.2) is 46.9 Å². The van der Waals surface area contributed by atoms with Crippen molar-refractivity contribution in [2.75, 3.05) is 13.7 Å². The van der Waals surface area contributed by atoms with Gasteiger partial charge in [0.2, 0.25) is 5.91 Å². The van der Waals surface area contributed by atoms with Gasteiger partial charge in [0.25, 0.3) is 5.91 Å². The number of halogens is 1. The Morgan fingerprint density at radius 2 is 1.93 bits per heavy atom. The molecule has 28 heavy (non-hydrogen) atoms. The third kappa shape index (κ3) is 4.38. The van der Waals surface area contributed by atoms with Gasteiger partial charge in [-0.1, -0.05) is 33.6 Å². The zero-order valence-corrected chi connectivity index (χ0v) is 18.0. The van der Waals surface area contributed by atoms with E-state index >= 15 is 0 Å². The van der Waals surface area contributed by atoms with E-state index in [1.807, 2.05) is 44.2 Å². The molecule has 6 heteroatoms. The standard InChI is InChI=1S/C22H25BrN2O3/c1-14-6-11-20(28-3)18(13-14)15(2)24-21(26)19-5-4-12-25(19)22(27)16-7-9-17(23)10-8-16/h6-11,13,15,19H,4-5,12H2,1-3H3,(H,24,26). The van der Waals surface area contributed by atoms with E-state index < -0.39 is 6.04 Å². The van der Waals surface area contributed by atoms with Gasteiger partial charge < -0.3 is 15.0 Å². The van der Waals surface area contributed by atoms with E-state index in [1.165, 1.54) is 0 Å². The fourth-order valence-corrected chi connectivity index (χ4v) is 3.88. The first-order chi connectivity index (χ1) is 13.4. The molecule has 2 aromatic rings. The summed E-state index contributed by atoms with van der Waals surface area (Å²) in [5.74, 6) is 0.512. The number of nitrogens with one attached hydrogen (secondary N) is 1. The Balaban J connectivity index is 1.73. The molecule has 0 aliphatic carbocycles. The zero-order valence-electron chi connectivity index (χ0n) is 16.4. The molecule has 2 amide bonds. The lowest BCUT2D eigenvalue weighted by atomic mass is 10.0. The summed E-state index contributed by atoms with van der Waals surface area (Å²) in [6, 6.07) is 12.5. The quantitative estimate of drug-likeness (QED) is 0.749. The molecular weight excluding hydrogens is 420 g/mol. The number of hydrogen-bond donors (Lipinski definition) is 1. The Bertz CT molecular complexity index is 867. The molecule has 1 heterocycles. The molecule has 1 aliphatic rings. The number of ether oxygens (including phenoxy) is 1. The van der Waals surface area contributed by atoms with Gasteiger partial charge >= 0.3 is 0 Å². The lowest BCUT2D eigenvalue weighted by molar-refractivity contribution is -0.125. The molecule has 2 unspecified atom stereocenters. The molecule has 0 radical (unpaired) electrons. The molecule has 0 spiro atoms. The minimum Gasteiger partial charge on any atom is -0.496 e. The second-order valence-electron chi connectivity index (χ2n) is 7.14. The summed E-state index contributed by atoms with van der Waals surface area (Å²) >= 11 is 3.38. The van der Waals surface area contributed by atoms with Crippen LogP contribution in [0.25, 0.3) is 0 Å². The average molecular weight is 445 g/mol. The largest absolute Gasteiger partial charge is 0.496 e. The number of amides is 2. The van der Waals surface area contributed by atoms with Crippen molar-refractivity contribution in [3.63, 3.8) is 0 Å². The number of benzene rings is 2. The number of likely N-dealkylation sites (tertiary alicyclic amines) is 1. The number of hydrogen-bond acceptors (Lipinski definition) is 3. The predicted molar refractivity (Wildman–Crippen MR) is 112 cm³/mol. The van der Waals surface area contributed by atoms with E-state index in [0.29, 0.717) is 18.5 Å². The van der Waals surface area contributed by atoms with Crippen molar-refractivity contribution in [1.82, 2.24) is 10.2 Å². The van der Waals surface area contributed by atoms with Gasteiger partial charge in [-0.05, 0) is 57.0 Å². The van der Waals surface area contributed by atoms with Crippen molar-refractivity contribution in [3.8, 4) is 5.75 Å². The average Bonchev–Trinajstić information content (AvgIpc) is 3.18. The summed E-state index contributed by atoms with van der Waals surface area (Å²) < 4.78 is 6.35. The smallest absolute Gasteiger partial charge is 0.254 e. The molecule has 1 N–H and O–H groups in total. The summed E-state index contributed by atoms with van der Waals surface area (Å²) in [7, 11) is 1.62. The fourth-order valence-electron chi connectivity index (χ4n) is 3.62. The van der Waals surface area contributed by atoms with Crippen molar-refractivity contribution >= 4 is 27.7 Å². The van der Waals surface area contributed by atoms with Gasteiger partial charge in [0.05, 0.1) is 13.2 Å². The van der Waals surface area contributed by atoms with Crippen LogP contribution in [0.3, 0.4) is 0 Å². The van der Waals surface area contributed by atoms with E-state index in [2.05, 4.69) is 21.2 Å². The van der Waals surface area contributed by atoms with Crippen molar-refractivity contribution in [2.24, 2.45) is 0 Å². The van der Waals surface area contributed by atoms with E-state index in [9.17, 15) is 9.59 Å². The lowest BCUT2D eigenvalue weighted by Gasteiger charge is -2.26. The lowest BCUT2D eigenvalue weighted by Crippen LogP contribution is -2.46. The second kappa shape index (κ2) is 8.78. The number of rotatable bonds is 5. The van der Waals surface area contributed by atoms with Gasteiger partial charge in [-0.25, -0.2) is 0 Å². The van der Waals surface area contributed by atoms with Crippen molar-refractivity contribution in [2.45, 2.75) is 38.8 Å². The van der Waals surface area contributed by atoms with E-state index in [1.54, 1.807) is 24.1 Å². The number of methoxy groups -OCH3 is 1. The molecule has 2 aromatic carbocycles. The highest BCUT2D eigenvalue weighted by atomic mass is 79.9. The zero-order chi connectivity index (χ0) is 20.3. The highest BCUT2D eigenvalue weighted by molar-refractivity contribution is 9.10. The van der Waals surface area contributed by atoms with E-state index in [4.69, 9.17) is 4.74 Å². The van der Waals surface area contributed by atoms with E-state index in [0.717, 1.165) is 27.8 Å². The maximum Gasteiger partial charge on any atom is 0.254 e. The van der Waals surface area contributed by atoms with Crippen LogP contribution in [0.1, 0.15) is 47.3 Å². The van der Waals surface area contributed by atoms with Crippen LogP contribution in [0, 0.1) is 6.92 Å². The number of carbonyl (C=O) groups excluding carboxylic acids is 2. The van der Waals surface area contributed by atoms with Crippen LogP contribution in [-0.2, 0) is 4.79 Å². The highest BCUT2D eigenvalue weighted by Gasteiger charge is 2.35. The van der Waals surface area contributed by atoms with Crippen molar-refractivity contribution < 1.29 is 14.3 Å². The third-order valence-corrected chi connectivity index (χ3v) is 5.65. The molecule has 1 saturated heterocycles. The van der Waals surface area contributed by atoms with Crippen LogP contribution in [0.5, 0.6) is 5.75 Å². The molecule has 1 aliphatic heterocycles. The van der Waals surface area contributed by atoms with Crippen molar-refractivity contribution in [1.29, 1.82) is 0 Å².